The number of carbonyl (C=O) groups excluding carboxylic acids is 2. The fourth-order valence-electron chi connectivity index (χ4n) is 2.66. The van der Waals surface area contributed by atoms with E-state index in [2.05, 4.69) is 0 Å². The summed E-state index contributed by atoms with van der Waals surface area (Å²) in [6.45, 7) is 7.87. The molecule has 2 aromatic carbocycles. The number of nitrogens with two attached hydrogens (primary N) is 1. The molecule has 0 bridgehead atoms. The van der Waals surface area contributed by atoms with Crippen LogP contribution in [0.5, 0.6) is 11.5 Å². The van der Waals surface area contributed by atoms with E-state index in [1.165, 1.54) is 14.2 Å². The van der Waals surface area contributed by atoms with Gasteiger partial charge in [-0.2, -0.15) is 0 Å². The molecule has 0 aromatic heterocycles. The molecule has 28 heavy (non-hydrogen) atoms. The van der Waals surface area contributed by atoms with Crippen molar-refractivity contribution >= 4 is 11.9 Å². The standard InChI is InChI=1S/C20H23NO5.C2H6/c1-5-13-6-7-14(19(21)22)10-17(13)26-12(2)16-9-8-15(20(23)25-4)11-18(16)24-3;1-2/h6-12H,5H2,1-4H3,(H2,21,22);1-2H3. The maximum atomic E-state index is 11.7. The molecule has 0 heterocycles. The summed E-state index contributed by atoms with van der Waals surface area (Å²) in [5.74, 6) is 0.163. The molecule has 1 unspecified atom stereocenters. The molecule has 0 saturated carbocycles. The topological polar surface area (TPSA) is 87.9 Å². The Labute approximate surface area is 166 Å². The Morgan fingerprint density at radius 2 is 1.61 bits per heavy atom. The van der Waals surface area contributed by atoms with Crippen LogP contribution in [0.15, 0.2) is 36.4 Å². The number of hydrogen-bond donors (Lipinski definition) is 1. The minimum Gasteiger partial charge on any atom is -0.496 e. The lowest BCUT2D eigenvalue weighted by atomic mass is 10.0. The highest BCUT2D eigenvalue weighted by Gasteiger charge is 2.18. The summed E-state index contributed by atoms with van der Waals surface area (Å²) in [5.41, 5.74) is 7.88. The molecular weight excluding hydrogens is 358 g/mol. The van der Waals surface area contributed by atoms with Crippen molar-refractivity contribution in [2.75, 3.05) is 14.2 Å². The molecule has 2 N–H and O–H groups in total. The van der Waals surface area contributed by atoms with Crippen molar-refractivity contribution in [3.8, 4) is 11.5 Å². The smallest absolute Gasteiger partial charge is 0.337 e. The van der Waals surface area contributed by atoms with Crippen LogP contribution in [-0.4, -0.2) is 26.1 Å². The first-order chi connectivity index (χ1) is 13.4. The zero-order chi connectivity index (χ0) is 21.3. The molecule has 6 nitrogen and oxygen atoms in total. The minimum atomic E-state index is -0.509. The first kappa shape index (κ1) is 23.0. The van der Waals surface area contributed by atoms with Crippen LogP contribution in [0, 0.1) is 0 Å². The van der Waals surface area contributed by atoms with Crippen LogP contribution in [-0.2, 0) is 11.2 Å². The van der Waals surface area contributed by atoms with Gasteiger partial charge >= 0.3 is 5.97 Å². The molecule has 0 spiro atoms. The van der Waals surface area contributed by atoms with E-state index >= 15 is 0 Å². The zero-order valence-electron chi connectivity index (χ0n) is 17.4. The van der Waals surface area contributed by atoms with Gasteiger partial charge in [-0.05, 0) is 43.2 Å². The van der Waals surface area contributed by atoms with Gasteiger partial charge in [-0.3, -0.25) is 4.79 Å². The number of aryl methyl sites for hydroxylation is 1. The summed E-state index contributed by atoms with van der Waals surface area (Å²) in [6.07, 6.45) is 0.379. The predicted octanol–water partition coefficient (Wildman–Crippen LogP) is 4.31. The molecule has 0 fully saturated rings. The Balaban J connectivity index is 0.00000190. The first-order valence-corrected chi connectivity index (χ1v) is 9.26. The van der Waals surface area contributed by atoms with E-state index in [9.17, 15) is 9.59 Å². The van der Waals surface area contributed by atoms with E-state index in [4.69, 9.17) is 19.9 Å². The maximum absolute atomic E-state index is 11.7. The number of rotatable bonds is 7. The van der Waals surface area contributed by atoms with Crippen molar-refractivity contribution in [1.29, 1.82) is 0 Å². The predicted molar refractivity (Wildman–Crippen MR) is 109 cm³/mol. The molecule has 1 amide bonds. The van der Waals surface area contributed by atoms with Crippen LogP contribution < -0.4 is 15.2 Å². The van der Waals surface area contributed by atoms with Gasteiger partial charge in [-0.25, -0.2) is 4.79 Å². The van der Waals surface area contributed by atoms with Gasteiger partial charge < -0.3 is 19.9 Å². The number of hydrogen-bond acceptors (Lipinski definition) is 5. The van der Waals surface area contributed by atoms with Crippen molar-refractivity contribution in [2.24, 2.45) is 5.73 Å². The Morgan fingerprint density at radius 3 is 2.14 bits per heavy atom. The number of benzene rings is 2. The molecule has 2 rings (SSSR count). The molecule has 1 atom stereocenters. The van der Waals surface area contributed by atoms with Crippen LogP contribution >= 0.6 is 0 Å². The highest BCUT2D eigenvalue weighted by molar-refractivity contribution is 5.93. The van der Waals surface area contributed by atoms with Gasteiger partial charge in [-0.15, -0.1) is 0 Å². The molecule has 0 aliphatic rings. The third kappa shape index (κ3) is 5.49. The van der Waals surface area contributed by atoms with Crippen LogP contribution in [0.25, 0.3) is 0 Å². The summed E-state index contributed by atoms with van der Waals surface area (Å²) in [4.78, 5) is 23.1. The average molecular weight is 387 g/mol. The van der Waals surface area contributed by atoms with E-state index in [1.54, 1.807) is 30.3 Å². The summed E-state index contributed by atoms with van der Waals surface area (Å²) >= 11 is 0. The van der Waals surface area contributed by atoms with Crippen molar-refractivity contribution in [1.82, 2.24) is 0 Å². The minimum absolute atomic E-state index is 0.370. The molecular formula is C22H29NO5. The maximum Gasteiger partial charge on any atom is 0.337 e. The van der Waals surface area contributed by atoms with Gasteiger partial charge in [0.2, 0.25) is 5.91 Å². The number of primary amides is 1. The van der Waals surface area contributed by atoms with Gasteiger partial charge in [0.1, 0.15) is 17.6 Å². The second-order valence-electron chi connectivity index (χ2n) is 5.75. The monoisotopic (exact) mass is 387 g/mol. The number of methoxy groups -OCH3 is 2. The van der Waals surface area contributed by atoms with Crippen LogP contribution in [0.2, 0.25) is 0 Å². The fourth-order valence-corrected chi connectivity index (χ4v) is 2.66. The zero-order valence-corrected chi connectivity index (χ0v) is 17.4. The van der Waals surface area contributed by atoms with E-state index < -0.39 is 11.9 Å². The summed E-state index contributed by atoms with van der Waals surface area (Å²) in [7, 11) is 2.85. The fraction of sp³-hybridized carbons (Fsp3) is 0.364. The second-order valence-corrected chi connectivity index (χ2v) is 5.75. The summed E-state index contributed by atoms with van der Waals surface area (Å²) < 4.78 is 16.2. The van der Waals surface area contributed by atoms with Gasteiger partial charge in [-0.1, -0.05) is 32.9 Å². The highest BCUT2D eigenvalue weighted by atomic mass is 16.5. The lowest BCUT2D eigenvalue weighted by molar-refractivity contribution is 0.0600. The molecule has 0 aliphatic carbocycles. The van der Waals surface area contributed by atoms with E-state index in [0.29, 0.717) is 22.6 Å². The van der Waals surface area contributed by atoms with Crippen LogP contribution in [0.3, 0.4) is 0 Å². The lowest BCUT2D eigenvalue weighted by Crippen LogP contribution is -2.12. The van der Waals surface area contributed by atoms with Crippen molar-refractivity contribution < 1.29 is 23.8 Å². The van der Waals surface area contributed by atoms with Gasteiger partial charge in [0.05, 0.1) is 19.8 Å². The Bertz CT molecular complexity index is 817. The molecule has 2 aromatic rings. The molecule has 152 valence electrons. The Kier molecular flexibility index (Phi) is 9.02. The van der Waals surface area contributed by atoms with Crippen LogP contribution in [0.4, 0.5) is 0 Å². The van der Waals surface area contributed by atoms with E-state index in [-0.39, 0.29) is 6.10 Å². The van der Waals surface area contributed by atoms with Crippen molar-refractivity contribution in [2.45, 2.75) is 40.2 Å². The van der Waals surface area contributed by atoms with Gasteiger partial charge in [0.15, 0.2) is 0 Å². The van der Waals surface area contributed by atoms with Gasteiger partial charge in [0.25, 0.3) is 0 Å². The van der Waals surface area contributed by atoms with Crippen molar-refractivity contribution in [3.63, 3.8) is 0 Å². The summed E-state index contributed by atoms with van der Waals surface area (Å²) in [5, 5.41) is 0. The third-order valence-electron chi connectivity index (χ3n) is 4.13. The Hall–Kier alpha value is -3.02. The van der Waals surface area contributed by atoms with Gasteiger partial charge in [0, 0.05) is 11.1 Å². The van der Waals surface area contributed by atoms with Crippen LogP contribution in [0.1, 0.15) is 65.6 Å². The number of ether oxygens (including phenoxy) is 3. The van der Waals surface area contributed by atoms with Crippen molar-refractivity contribution in [3.05, 3.63) is 58.7 Å². The molecule has 6 heteroatoms. The SMILES string of the molecule is CC.CCc1ccc(C(N)=O)cc1OC(C)c1ccc(C(=O)OC)cc1OC. The number of carbonyl (C=O) groups is 2. The third-order valence-corrected chi connectivity index (χ3v) is 4.13. The Morgan fingerprint density at radius 1 is 1.00 bits per heavy atom. The highest BCUT2D eigenvalue weighted by Crippen LogP contribution is 2.32. The molecule has 0 saturated heterocycles. The van der Waals surface area contributed by atoms with E-state index in [0.717, 1.165) is 17.5 Å². The first-order valence-electron chi connectivity index (χ1n) is 9.26. The van der Waals surface area contributed by atoms with E-state index in [1.807, 2.05) is 33.8 Å². The normalized spacial score (nSPS) is 10.9. The lowest BCUT2D eigenvalue weighted by Gasteiger charge is -2.20. The molecule has 0 radical (unpaired) electrons. The average Bonchev–Trinajstić information content (AvgIpc) is 2.73. The quantitative estimate of drug-likeness (QED) is 0.715. The summed E-state index contributed by atoms with van der Waals surface area (Å²) in [6, 6.07) is 10.2. The molecule has 0 aliphatic heterocycles. The second kappa shape index (κ2) is 11.0. The number of amides is 1. The number of esters is 1. The largest absolute Gasteiger partial charge is 0.496 e.